The molecule has 1 fully saturated rings. The second-order valence-electron chi connectivity index (χ2n) is 6.26. The van der Waals surface area contributed by atoms with Gasteiger partial charge in [-0.25, -0.2) is 0 Å². The standard InChI is InChI=1S/C14H13Cl2FN4O.C6H6ClN/c15-9-1-3-10(4-2-9)18-12-11(16)13(20-14(17)19-12)21-5-7-22-8-6-21;7-5-1-3-6(8)4-2-5/h1-4H,5-8H2,(H,18,19,20);1-4H,8H2. The van der Waals surface area contributed by atoms with Crippen molar-refractivity contribution >= 4 is 57.8 Å². The van der Waals surface area contributed by atoms with E-state index < -0.39 is 6.08 Å². The van der Waals surface area contributed by atoms with E-state index in [2.05, 4.69) is 15.3 Å². The van der Waals surface area contributed by atoms with E-state index in [9.17, 15) is 4.39 Å². The molecular formula is C20H19Cl3FN5O. The SMILES string of the molecule is Fc1nc(Nc2ccc(Cl)cc2)c(Cl)c(N2CCOCC2)n1.Nc1ccc(Cl)cc1. The van der Waals surface area contributed by atoms with E-state index in [1.807, 2.05) is 4.90 Å². The Kier molecular flexibility index (Phi) is 7.93. The lowest BCUT2D eigenvalue weighted by Gasteiger charge is -2.28. The van der Waals surface area contributed by atoms with Crippen LogP contribution in [-0.2, 0) is 4.74 Å². The van der Waals surface area contributed by atoms with E-state index in [1.54, 1.807) is 48.5 Å². The van der Waals surface area contributed by atoms with Crippen molar-refractivity contribution in [1.29, 1.82) is 0 Å². The van der Waals surface area contributed by atoms with Gasteiger partial charge < -0.3 is 20.7 Å². The molecule has 0 saturated carbocycles. The molecule has 3 aromatic rings. The number of hydrogen-bond donors (Lipinski definition) is 2. The van der Waals surface area contributed by atoms with Gasteiger partial charge in [-0.3, -0.25) is 0 Å². The molecule has 0 amide bonds. The maximum Gasteiger partial charge on any atom is 0.312 e. The zero-order valence-corrected chi connectivity index (χ0v) is 18.1. The summed E-state index contributed by atoms with van der Waals surface area (Å²) in [6.45, 7) is 2.33. The van der Waals surface area contributed by atoms with Gasteiger partial charge in [0.2, 0.25) is 0 Å². The normalized spacial score (nSPS) is 13.4. The smallest absolute Gasteiger partial charge is 0.312 e. The lowest BCUT2D eigenvalue weighted by molar-refractivity contribution is 0.122. The number of rotatable bonds is 3. The molecule has 1 aliphatic heterocycles. The van der Waals surface area contributed by atoms with Gasteiger partial charge in [0.1, 0.15) is 5.02 Å². The Hall–Kier alpha value is -2.32. The summed E-state index contributed by atoms with van der Waals surface area (Å²) in [6, 6.07) is 14.0. The highest BCUT2D eigenvalue weighted by atomic mass is 35.5. The summed E-state index contributed by atoms with van der Waals surface area (Å²) in [4.78, 5) is 9.43. The minimum absolute atomic E-state index is 0.220. The highest BCUT2D eigenvalue weighted by Gasteiger charge is 2.20. The van der Waals surface area contributed by atoms with E-state index in [1.165, 1.54) is 0 Å². The molecule has 0 bridgehead atoms. The van der Waals surface area contributed by atoms with Crippen LogP contribution >= 0.6 is 34.8 Å². The Morgan fingerprint density at radius 1 is 0.900 bits per heavy atom. The number of nitrogens with two attached hydrogens (primary N) is 1. The summed E-state index contributed by atoms with van der Waals surface area (Å²) in [5, 5.41) is 4.59. The molecule has 0 spiro atoms. The maximum absolute atomic E-state index is 13.7. The summed E-state index contributed by atoms with van der Waals surface area (Å²) in [5.74, 6) is 0.590. The third kappa shape index (κ3) is 6.34. The summed E-state index contributed by atoms with van der Waals surface area (Å²) in [7, 11) is 0. The fraction of sp³-hybridized carbons (Fsp3) is 0.200. The van der Waals surface area contributed by atoms with Crippen molar-refractivity contribution in [2.45, 2.75) is 0 Å². The van der Waals surface area contributed by atoms with Gasteiger partial charge in [-0.1, -0.05) is 34.8 Å². The molecule has 10 heteroatoms. The molecule has 4 rings (SSSR count). The number of nitrogens with zero attached hydrogens (tertiary/aromatic N) is 3. The predicted octanol–water partition coefficient (Wildman–Crippen LogP) is 5.42. The van der Waals surface area contributed by atoms with Crippen LogP contribution in [-0.4, -0.2) is 36.3 Å². The number of aromatic nitrogens is 2. The second kappa shape index (κ2) is 10.6. The lowest BCUT2D eigenvalue weighted by atomic mass is 10.3. The first-order valence-corrected chi connectivity index (χ1v) is 10.1. The number of nitrogens with one attached hydrogen (secondary N) is 1. The number of nitrogen functional groups attached to an aromatic ring is 1. The first kappa shape index (κ1) is 22.4. The Balaban J connectivity index is 0.000000269. The van der Waals surface area contributed by atoms with Crippen LogP contribution in [0.3, 0.4) is 0 Å². The summed E-state index contributed by atoms with van der Waals surface area (Å²) in [5.41, 5.74) is 6.82. The van der Waals surface area contributed by atoms with Crippen LogP contribution in [0.4, 0.5) is 27.4 Å². The molecule has 158 valence electrons. The van der Waals surface area contributed by atoms with Crippen LogP contribution in [0.2, 0.25) is 15.1 Å². The first-order valence-electron chi connectivity index (χ1n) is 9.02. The summed E-state index contributed by atoms with van der Waals surface area (Å²) in [6.07, 6.45) is -0.831. The van der Waals surface area contributed by atoms with Crippen molar-refractivity contribution in [1.82, 2.24) is 9.97 Å². The van der Waals surface area contributed by atoms with Gasteiger partial charge in [0.05, 0.1) is 13.2 Å². The Morgan fingerprint density at radius 3 is 2.03 bits per heavy atom. The van der Waals surface area contributed by atoms with Crippen LogP contribution in [0, 0.1) is 6.08 Å². The molecule has 6 nitrogen and oxygen atoms in total. The van der Waals surface area contributed by atoms with E-state index in [4.69, 9.17) is 45.3 Å². The predicted molar refractivity (Wildman–Crippen MR) is 121 cm³/mol. The highest BCUT2D eigenvalue weighted by Crippen LogP contribution is 2.32. The minimum atomic E-state index is -0.831. The summed E-state index contributed by atoms with van der Waals surface area (Å²) >= 11 is 17.7. The van der Waals surface area contributed by atoms with Gasteiger partial charge in [0.15, 0.2) is 11.6 Å². The Morgan fingerprint density at radius 2 is 1.47 bits per heavy atom. The van der Waals surface area contributed by atoms with E-state index in [0.717, 1.165) is 10.7 Å². The molecule has 1 aliphatic rings. The van der Waals surface area contributed by atoms with Gasteiger partial charge in [-0.2, -0.15) is 14.4 Å². The molecule has 3 N–H and O–H groups in total. The Bertz CT molecular complexity index is 946. The fourth-order valence-corrected chi connectivity index (χ4v) is 3.11. The molecule has 2 aromatic carbocycles. The van der Waals surface area contributed by atoms with E-state index in [0.29, 0.717) is 42.8 Å². The van der Waals surface area contributed by atoms with E-state index >= 15 is 0 Å². The number of benzene rings is 2. The number of morpholine rings is 1. The maximum atomic E-state index is 13.7. The second-order valence-corrected chi connectivity index (χ2v) is 7.51. The third-order valence-electron chi connectivity index (χ3n) is 4.09. The number of anilines is 4. The third-order valence-corrected chi connectivity index (χ3v) is 4.95. The van der Waals surface area contributed by atoms with Gasteiger partial charge in [-0.05, 0) is 48.5 Å². The zero-order chi connectivity index (χ0) is 21.5. The largest absolute Gasteiger partial charge is 0.399 e. The molecule has 0 aliphatic carbocycles. The van der Waals surface area contributed by atoms with Gasteiger partial charge in [-0.15, -0.1) is 0 Å². The van der Waals surface area contributed by atoms with Gasteiger partial charge in [0, 0.05) is 34.5 Å². The topological polar surface area (TPSA) is 76.3 Å². The van der Waals surface area contributed by atoms with Crippen molar-refractivity contribution in [2.24, 2.45) is 0 Å². The number of hydrogen-bond acceptors (Lipinski definition) is 6. The molecule has 30 heavy (non-hydrogen) atoms. The van der Waals surface area contributed by atoms with Gasteiger partial charge >= 0.3 is 6.08 Å². The average molecular weight is 471 g/mol. The van der Waals surface area contributed by atoms with Crippen molar-refractivity contribution in [3.05, 3.63) is 69.7 Å². The quantitative estimate of drug-likeness (QED) is 0.393. The molecule has 1 saturated heterocycles. The molecular weight excluding hydrogens is 452 g/mol. The van der Waals surface area contributed by atoms with Crippen molar-refractivity contribution in [3.63, 3.8) is 0 Å². The average Bonchev–Trinajstić information content (AvgIpc) is 2.75. The van der Waals surface area contributed by atoms with Crippen LogP contribution in [0.25, 0.3) is 0 Å². The molecule has 0 atom stereocenters. The van der Waals surface area contributed by atoms with Crippen LogP contribution in [0.1, 0.15) is 0 Å². The first-order chi connectivity index (χ1) is 14.4. The van der Waals surface area contributed by atoms with Crippen molar-refractivity contribution in [3.8, 4) is 0 Å². The molecule has 1 aromatic heterocycles. The molecule has 0 unspecified atom stereocenters. The van der Waals surface area contributed by atoms with Crippen molar-refractivity contribution in [2.75, 3.05) is 42.3 Å². The van der Waals surface area contributed by atoms with E-state index in [-0.39, 0.29) is 10.8 Å². The number of halogens is 4. The fourth-order valence-electron chi connectivity index (χ4n) is 2.61. The highest BCUT2D eigenvalue weighted by molar-refractivity contribution is 6.35. The zero-order valence-electron chi connectivity index (χ0n) is 15.8. The van der Waals surface area contributed by atoms with Crippen LogP contribution in [0.15, 0.2) is 48.5 Å². The van der Waals surface area contributed by atoms with Crippen LogP contribution < -0.4 is 16.0 Å². The minimum Gasteiger partial charge on any atom is -0.399 e. The summed E-state index contributed by atoms with van der Waals surface area (Å²) < 4.78 is 19.0. The number of ether oxygens (including phenoxy) is 1. The monoisotopic (exact) mass is 469 g/mol. The van der Waals surface area contributed by atoms with Crippen molar-refractivity contribution < 1.29 is 9.13 Å². The molecule has 0 radical (unpaired) electrons. The molecule has 2 heterocycles. The Labute approximate surface area is 188 Å². The van der Waals surface area contributed by atoms with Crippen LogP contribution in [0.5, 0.6) is 0 Å². The lowest BCUT2D eigenvalue weighted by Crippen LogP contribution is -2.37. The van der Waals surface area contributed by atoms with Gasteiger partial charge in [0.25, 0.3) is 0 Å².